The van der Waals surface area contributed by atoms with Gasteiger partial charge in [-0.3, -0.25) is 15.0 Å². The first-order chi connectivity index (χ1) is 30.0. The van der Waals surface area contributed by atoms with E-state index in [1.165, 1.54) is 25.8 Å². The maximum atomic E-state index is 15.0. The minimum absolute atomic E-state index is 0.0248. The summed E-state index contributed by atoms with van der Waals surface area (Å²) in [6.45, 7) is 6.00. The van der Waals surface area contributed by atoms with Crippen molar-refractivity contribution in [1.29, 1.82) is 0 Å². The van der Waals surface area contributed by atoms with E-state index in [1.807, 2.05) is 44.2 Å². The molecule has 2 fully saturated rings. The van der Waals surface area contributed by atoms with Crippen molar-refractivity contribution in [3.8, 4) is 40.2 Å². The van der Waals surface area contributed by atoms with Gasteiger partial charge in [-0.2, -0.15) is 0 Å². The molecule has 1 unspecified atom stereocenters. The van der Waals surface area contributed by atoms with E-state index in [-0.39, 0.29) is 49.0 Å². The zero-order valence-corrected chi connectivity index (χ0v) is 35.7. The molecule has 7 heterocycles. The summed E-state index contributed by atoms with van der Waals surface area (Å²) in [5.74, 6) is 1.37. The van der Waals surface area contributed by atoms with Gasteiger partial charge >= 0.3 is 18.1 Å². The standard InChI is InChI=1S/C46H46N3O12S/c1-22-13-27-14-28-17-49-30-19-56-44(52)46(29-16-31(54-4)32(15-26(29)11-12-47-46)61-45(53)57-18-25-9-7-6-8-10-25)20-62-43(37(49)36(48-28)33(27)38(51)39(22)55-5)35-34(30)42-41(58-21-59-42)23(2)40(35)60-24(3)50/h6-10,13,15-16,28,30,36-37,43,47,51H,11-12,14,17-21H2,1-5H3/q-1/t28-,30-,36+,37?,43+,46+/m0/s1. The number of fused-ring (bicyclic) bond motifs is 9. The van der Waals surface area contributed by atoms with Crippen LogP contribution < -0.4 is 33.7 Å². The highest BCUT2D eigenvalue weighted by molar-refractivity contribution is 7.99. The van der Waals surface area contributed by atoms with Gasteiger partial charge in [-0.1, -0.05) is 42.4 Å². The molecule has 0 aliphatic carbocycles. The molecular weight excluding hydrogens is 819 g/mol. The summed E-state index contributed by atoms with van der Waals surface area (Å²) in [4.78, 5) is 43.2. The van der Waals surface area contributed by atoms with Gasteiger partial charge in [0.05, 0.1) is 20.3 Å². The van der Waals surface area contributed by atoms with Crippen LogP contribution in [0.3, 0.4) is 0 Å². The Morgan fingerprint density at radius 1 is 0.968 bits per heavy atom. The third kappa shape index (κ3) is 6.40. The number of thioether (sulfide) groups is 1. The molecule has 4 aromatic rings. The summed E-state index contributed by atoms with van der Waals surface area (Å²) in [7, 11) is 3.01. The summed E-state index contributed by atoms with van der Waals surface area (Å²) in [5, 5.41) is 20.4. The van der Waals surface area contributed by atoms with Crippen LogP contribution in [-0.2, 0) is 44.1 Å². The molecule has 0 saturated carbocycles. The van der Waals surface area contributed by atoms with E-state index in [0.717, 1.165) is 33.4 Å². The molecule has 7 aliphatic rings. The van der Waals surface area contributed by atoms with Gasteiger partial charge in [0.25, 0.3) is 0 Å². The Kier molecular flexibility index (Phi) is 10.2. The van der Waals surface area contributed by atoms with Crippen molar-refractivity contribution < 1.29 is 57.4 Å². The van der Waals surface area contributed by atoms with Crippen molar-refractivity contribution in [3.63, 3.8) is 0 Å². The molecule has 0 amide bonds. The van der Waals surface area contributed by atoms with E-state index in [4.69, 9.17) is 43.2 Å². The zero-order chi connectivity index (χ0) is 43.0. The van der Waals surface area contributed by atoms with Crippen LogP contribution in [0.5, 0.6) is 40.2 Å². The Morgan fingerprint density at radius 3 is 2.55 bits per heavy atom. The lowest BCUT2D eigenvalue weighted by molar-refractivity contribution is -0.154. The highest BCUT2D eigenvalue weighted by Gasteiger charge is 2.55. The highest BCUT2D eigenvalue weighted by Crippen LogP contribution is 2.64. The van der Waals surface area contributed by atoms with Crippen LogP contribution in [0.4, 0.5) is 4.79 Å². The van der Waals surface area contributed by atoms with Gasteiger partial charge in [0.2, 0.25) is 6.79 Å². The monoisotopic (exact) mass is 864 g/mol. The van der Waals surface area contributed by atoms with E-state index in [1.54, 1.807) is 19.2 Å². The van der Waals surface area contributed by atoms with Gasteiger partial charge in [0.1, 0.15) is 19.0 Å². The second-order valence-electron chi connectivity index (χ2n) is 16.4. The maximum Gasteiger partial charge on any atom is 0.514 e. The third-order valence-corrected chi connectivity index (χ3v) is 14.4. The van der Waals surface area contributed by atoms with Crippen LogP contribution in [0.2, 0.25) is 0 Å². The summed E-state index contributed by atoms with van der Waals surface area (Å²) in [5.41, 5.74) is 5.42. The van der Waals surface area contributed by atoms with E-state index in [0.29, 0.717) is 65.6 Å². The first kappa shape index (κ1) is 40.4. The minimum atomic E-state index is -1.39. The fourth-order valence-electron chi connectivity index (χ4n) is 10.4. The molecule has 4 aromatic carbocycles. The molecule has 7 aliphatic heterocycles. The fourth-order valence-corrected chi connectivity index (χ4v) is 12.1. The molecule has 6 atom stereocenters. The van der Waals surface area contributed by atoms with E-state index in [2.05, 4.69) is 16.3 Å². The van der Waals surface area contributed by atoms with E-state index in [9.17, 15) is 19.5 Å². The number of ether oxygens (including phenoxy) is 8. The van der Waals surface area contributed by atoms with E-state index < -0.39 is 47.0 Å². The molecule has 15 nitrogen and oxygen atoms in total. The highest BCUT2D eigenvalue weighted by atomic mass is 32.2. The topological polar surface area (TPSA) is 175 Å². The van der Waals surface area contributed by atoms with Gasteiger partial charge in [-0.25, -0.2) is 9.59 Å². The Balaban J connectivity index is 1.10. The quantitative estimate of drug-likeness (QED) is 0.121. The summed E-state index contributed by atoms with van der Waals surface area (Å²) in [6, 6.07) is 13.2. The van der Waals surface area contributed by atoms with Crippen LogP contribution in [0.1, 0.15) is 74.3 Å². The predicted octanol–water partition coefficient (Wildman–Crippen LogP) is 6.55. The molecule has 0 radical (unpaired) electrons. The Bertz CT molecular complexity index is 2520. The Morgan fingerprint density at radius 2 is 1.77 bits per heavy atom. The fraction of sp³-hybridized carbons (Fsp3) is 0.413. The van der Waals surface area contributed by atoms with Crippen LogP contribution in [0.15, 0.2) is 48.5 Å². The predicted molar refractivity (Wildman–Crippen MR) is 225 cm³/mol. The number of hydrogen-bond acceptors (Lipinski definition) is 15. The molecule has 62 heavy (non-hydrogen) atoms. The largest absolute Gasteiger partial charge is 0.650 e. The molecule has 1 spiro atoms. The summed E-state index contributed by atoms with van der Waals surface area (Å²) in [6.07, 6.45) is 0.224. The van der Waals surface area contributed by atoms with Crippen LogP contribution in [-0.4, -0.2) is 86.6 Å². The number of carbonyl (C=O) groups excluding carboxylic acids is 3. The molecule has 0 aromatic heterocycles. The molecule has 2 saturated heterocycles. The van der Waals surface area contributed by atoms with Crippen molar-refractivity contribution in [2.45, 2.75) is 75.2 Å². The molecule has 324 valence electrons. The first-order valence-corrected chi connectivity index (χ1v) is 21.7. The smallest absolute Gasteiger partial charge is 0.514 e. The molecule has 16 heteroatoms. The van der Waals surface area contributed by atoms with Crippen molar-refractivity contribution in [2.75, 3.05) is 46.5 Å². The number of carbonyl (C=O) groups is 3. The number of nitrogens with one attached hydrogen (secondary N) is 1. The number of nitrogens with zero attached hydrogens (tertiary/aromatic N) is 2. The number of phenols is 1. The Hall–Kier alpha value is -5.68. The average molecular weight is 865 g/mol. The number of piperazine rings is 1. The lowest BCUT2D eigenvalue weighted by Gasteiger charge is -2.64. The molecule has 11 rings (SSSR count). The number of aromatic hydroxyl groups is 1. The van der Waals surface area contributed by atoms with Gasteiger partial charge in [0.15, 0.2) is 40.0 Å². The lowest BCUT2D eigenvalue weighted by Crippen LogP contribution is -2.60. The second-order valence-corrected chi connectivity index (χ2v) is 17.6. The second kappa shape index (κ2) is 15.6. The number of aryl methyl sites for hydroxylation is 1. The van der Waals surface area contributed by atoms with Crippen molar-refractivity contribution in [2.24, 2.45) is 0 Å². The normalized spacial score (nSPS) is 25.4. The first-order valence-electron chi connectivity index (χ1n) is 20.6. The molecular formula is C46H46N3O12S-. The summed E-state index contributed by atoms with van der Waals surface area (Å²) < 4.78 is 47.6. The lowest BCUT2D eigenvalue weighted by atomic mass is 9.74. The zero-order valence-electron chi connectivity index (χ0n) is 34.9. The number of esters is 2. The number of benzene rings is 4. The third-order valence-electron chi connectivity index (χ3n) is 12.9. The van der Waals surface area contributed by atoms with Crippen LogP contribution in [0.25, 0.3) is 5.32 Å². The number of hydrogen-bond donors (Lipinski definition) is 2. The van der Waals surface area contributed by atoms with Crippen molar-refractivity contribution in [1.82, 2.24) is 10.2 Å². The molecule has 2 N–H and O–H groups in total. The van der Waals surface area contributed by atoms with Crippen molar-refractivity contribution >= 4 is 29.9 Å². The SMILES string of the molecule is COc1cc2c(cc1OC(=O)OCc1ccccc1)CCN[C@]21CS[C@@H]2c3c(OC(C)=O)c(C)c4c(c3[C@H](COC1=O)N1C[C@@H]3Cc5cc(C)c(OC)c(O)c5[C@@H]([N-]3)C21)OCO4. The van der Waals surface area contributed by atoms with Crippen LogP contribution >= 0.6 is 11.8 Å². The average Bonchev–Trinajstić information content (AvgIpc) is 3.76. The van der Waals surface area contributed by atoms with Gasteiger partial charge in [-0.15, -0.1) is 17.8 Å². The van der Waals surface area contributed by atoms with Gasteiger partial charge < -0.3 is 48.3 Å². The number of rotatable bonds is 6. The Labute approximate surface area is 362 Å². The van der Waals surface area contributed by atoms with Crippen LogP contribution in [0, 0.1) is 13.8 Å². The summed E-state index contributed by atoms with van der Waals surface area (Å²) >= 11 is 1.51. The van der Waals surface area contributed by atoms with Gasteiger partial charge in [0, 0.05) is 47.2 Å². The van der Waals surface area contributed by atoms with Gasteiger partial charge in [-0.05, 0) is 78.7 Å². The van der Waals surface area contributed by atoms with Crippen molar-refractivity contribution in [3.05, 3.63) is 104 Å². The van der Waals surface area contributed by atoms with E-state index >= 15 is 0 Å². The number of methoxy groups -OCH3 is 2. The molecule has 4 bridgehead atoms. The minimum Gasteiger partial charge on any atom is -0.650 e. The number of phenolic OH excluding ortho intramolecular Hbond substituents is 1. The maximum absolute atomic E-state index is 15.0.